The van der Waals surface area contributed by atoms with Gasteiger partial charge in [-0.2, -0.15) is 0 Å². The number of likely N-dealkylation sites (N-methyl/N-ethyl adjacent to an activating group) is 1. The highest BCUT2D eigenvalue weighted by Crippen LogP contribution is 2.26. The van der Waals surface area contributed by atoms with Gasteiger partial charge in [0.15, 0.2) is 0 Å². The maximum absolute atomic E-state index is 12.4. The summed E-state index contributed by atoms with van der Waals surface area (Å²) in [5.74, 6) is 0.0923. The van der Waals surface area contributed by atoms with Crippen LogP contribution in [0, 0.1) is 0 Å². The molecule has 0 saturated carbocycles. The first-order valence-electron chi connectivity index (χ1n) is 7.50. The molecule has 3 rings (SSSR count). The molecule has 0 aliphatic rings. The molecule has 3 aromatic rings. The Morgan fingerprint density at radius 2 is 2.08 bits per heavy atom. The number of carbonyl (C=O) groups is 1. The predicted molar refractivity (Wildman–Crippen MR) is 92.8 cm³/mol. The van der Waals surface area contributed by atoms with Crippen LogP contribution in [0.4, 0.5) is 5.95 Å². The predicted octanol–water partition coefficient (Wildman–Crippen LogP) is 2.17. The van der Waals surface area contributed by atoms with Gasteiger partial charge in [0.25, 0.3) is 0 Å². The van der Waals surface area contributed by atoms with Crippen LogP contribution < -0.4 is 5.73 Å². The van der Waals surface area contributed by atoms with Crippen molar-refractivity contribution in [2.45, 2.75) is 13.0 Å². The number of H-pyrrole nitrogens is 1. The third-order valence-corrected chi connectivity index (χ3v) is 3.97. The number of fused-ring (bicyclic) bond motifs is 1. The van der Waals surface area contributed by atoms with E-state index in [0.29, 0.717) is 0 Å². The van der Waals surface area contributed by atoms with Crippen molar-refractivity contribution < 1.29 is 4.79 Å². The first kappa shape index (κ1) is 15.7. The summed E-state index contributed by atoms with van der Waals surface area (Å²) >= 11 is 0. The minimum absolute atomic E-state index is 0.0947. The van der Waals surface area contributed by atoms with Crippen LogP contribution in [0.15, 0.2) is 43.0 Å². The highest BCUT2D eigenvalue weighted by atomic mass is 16.2. The normalized spacial score (nSPS) is 12.6. The van der Waals surface area contributed by atoms with Gasteiger partial charge in [-0.05, 0) is 25.1 Å². The number of nitrogens with two attached hydrogens (primary N) is 1. The molecule has 0 aliphatic carbocycles. The van der Waals surface area contributed by atoms with Gasteiger partial charge in [0.1, 0.15) is 5.65 Å². The standard InChI is InChI=1S/C17H18N6O/c1-11(14-10-20-16-13(14)4-3-7-19-16)23(2)15(24)6-5-12-8-21-17(18)22-9-12/h3-11H,1-2H3,(H,19,20)(H2,18,21,22). The topological polar surface area (TPSA) is 101 Å². The van der Waals surface area contributed by atoms with E-state index in [0.717, 1.165) is 22.2 Å². The molecule has 1 unspecified atom stereocenters. The minimum Gasteiger partial charge on any atom is -0.368 e. The Morgan fingerprint density at radius 1 is 1.33 bits per heavy atom. The van der Waals surface area contributed by atoms with Crippen molar-refractivity contribution in [2.24, 2.45) is 0 Å². The molecule has 24 heavy (non-hydrogen) atoms. The molecule has 7 heteroatoms. The molecule has 0 fully saturated rings. The summed E-state index contributed by atoms with van der Waals surface area (Å²) in [5, 5.41) is 1.01. The number of nitrogens with zero attached hydrogens (tertiary/aromatic N) is 4. The van der Waals surface area contributed by atoms with Gasteiger partial charge < -0.3 is 15.6 Å². The van der Waals surface area contributed by atoms with Crippen LogP contribution in [0.1, 0.15) is 24.1 Å². The molecule has 1 amide bonds. The molecule has 0 aromatic carbocycles. The second-order valence-corrected chi connectivity index (χ2v) is 5.48. The number of aromatic nitrogens is 4. The van der Waals surface area contributed by atoms with Crippen LogP contribution in [0.5, 0.6) is 0 Å². The molecule has 3 heterocycles. The Morgan fingerprint density at radius 3 is 2.83 bits per heavy atom. The van der Waals surface area contributed by atoms with E-state index in [4.69, 9.17) is 5.73 Å². The number of hydrogen-bond donors (Lipinski definition) is 2. The maximum Gasteiger partial charge on any atom is 0.246 e. The van der Waals surface area contributed by atoms with Crippen LogP contribution in [-0.4, -0.2) is 37.8 Å². The lowest BCUT2D eigenvalue weighted by atomic mass is 10.1. The molecule has 7 nitrogen and oxygen atoms in total. The highest BCUT2D eigenvalue weighted by molar-refractivity contribution is 5.92. The maximum atomic E-state index is 12.4. The van der Waals surface area contributed by atoms with Crippen LogP contribution in [0.3, 0.4) is 0 Å². The minimum atomic E-state index is -0.113. The van der Waals surface area contributed by atoms with E-state index in [1.165, 1.54) is 6.08 Å². The van der Waals surface area contributed by atoms with Crippen LogP contribution in [0.25, 0.3) is 17.1 Å². The molecule has 0 radical (unpaired) electrons. The smallest absolute Gasteiger partial charge is 0.246 e. The van der Waals surface area contributed by atoms with Gasteiger partial charge in [-0.15, -0.1) is 0 Å². The molecular weight excluding hydrogens is 304 g/mol. The number of rotatable bonds is 4. The van der Waals surface area contributed by atoms with Crippen molar-refractivity contribution in [1.29, 1.82) is 0 Å². The molecule has 0 bridgehead atoms. The fraction of sp³-hybridized carbons (Fsp3) is 0.176. The number of anilines is 1. The lowest BCUT2D eigenvalue weighted by Gasteiger charge is -2.23. The average Bonchev–Trinajstić information content (AvgIpc) is 3.03. The van der Waals surface area contributed by atoms with E-state index in [1.54, 1.807) is 36.6 Å². The second kappa shape index (κ2) is 6.49. The molecule has 1 atom stereocenters. The second-order valence-electron chi connectivity index (χ2n) is 5.48. The Hall–Kier alpha value is -3.22. The number of nitrogen functional groups attached to an aromatic ring is 1. The van der Waals surface area contributed by atoms with Gasteiger partial charge >= 0.3 is 0 Å². The fourth-order valence-corrected chi connectivity index (χ4v) is 2.44. The van der Waals surface area contributed by atoms with Crippen molar-refractivity contribution in [3.63, 3.8) is 0 Å². The van der Waals surface area contributed by atoms with Crippen molar-refractivity contribution in [2.75, 3.05) is 12.8 Å². The van der Waals surface area contributed by atoms with E-state index >= 15 is 0 Å². The van der Waals surface area contributed by atoms with E-state index in [9.17, 15) is 4.79 Å². The largest absolute Gasteiger partial charge is 0.368 e. The Kier molecular flexibility index (Phi) is 4.24. The quantitative estimate of drug-likeness (QED) is 0.717. The molecule has 122 valence electrons. The zero-order valence-electron chi connectivity index (χ0n) is 13.5. The summed E-state index contributed by atoms with van der Waals surface area (Å²) in [6.45, 7) is 1.98. The lowest BCUT2D eigenvalue weighted by Crippen LogP contribution is -2.27. The SMILES string of the molecule is CC(c1c[nH]c2ncccc12)N(C)C(=O)C=Cc1cnc(N)nc1. The third kappa shape index (κ3) is 3.10. The van der Waals surface area contributed by atoms with Gasteiger partial charge in [-0.1, -0.05) is 0 Å². The fourth-order valence-electron chi connectivity index (χ4n) is 2.44. The van der Waals surface area contributed by atoms with Crippen molar-refractivity contribution in [3.05, 3.63) is 54.1 Å². The van der Waals surface area contributed by atoms with Gasteiger partial charge in [0.05, 0.1) is 6.04 Å². The van der Waals surface area contributed by atoms with E-state index in [2.05, 4.69) is 19.9 Å². The molecule has 3 N–H and O–H groups in total. The van der Waals surface area contributed by atoms with Gasteiger partial charge in [0, 0.05) is 54.4 Å². The van der Waals surface area contributed by atoms with E-state index in [1.807, 2.05) is 25.3 Å². The molecular formula is C17H18N6O. The summed E-state index contributed by atoms with van der Waals surface area (Å²) in [4.78, 5) is 29.3. The van der Waals surface area contributed by atoms with Gasteiger partial charge in [0.2, 0.25) is 11.9 Å². The highest BCUT2D eigenvalue weighted by Gasteiger charge is 2.18. The monoisotopic (exact) mass is 322 g/mol. The van der Waals surface area contributed by atoms with E-state index in [-0.39, 0.29) is 17.9 Å². The number of amides is 1. The summed E-state index contributed by atoms with van der Waals surface area (Å²) in [6.07, 6.45) is 9.94. The van der Waals surface area contributed by atoms with Crippen LogP contribution in [0.2, 0.25) is 0 Å². The molecule has 3 aromatic heterocycles. The Bertz CT molecular complexity index is 883. The first-order valence-corrected chi connectivity index (χ1v) is 7.50. The lowest BCUT2D eigenvalue weighted by molar-refractivity contribution is -0.126. The number of hydrogen-bond acceptors (Lipinski definition) is 5. The summed E-state index contributed by atoms with van der Waals surface area (Å²) < 4.78 is 0. The summed E-state index contributed by atoms with van der Waals surface area (Å²) in [5.41, 5.74) is 8.00. The van der Waals surface area contributed by atoms with E-state index < -0.39 is 0 Å². The van der Waals surface area contributed by atoms with Crippen molar-refractivity contribution in [3.8, 4) is 0 Å². The zero-order chi connectivity index (χ0) is 17.1. The van der Waals surface area contributed by atoms with Crippen LogP contribution in [-0.2, 0) is 4.79 Å². The van der Waals surface area contributed by atoms with Gasteiger partial charge in [-0.3, -0.25) is 4.79 Å². The number of aromatic amines is 1. The molecule has 0 saturated heterocycles. The van der Waals surface area contributed by atoms with Gasteiger partial charge in [-0.25, -0.2) is 15.0 Å². The zero-order valence-corrected chi connectivity index (χ0v) is 13.5. The number of carbonyl (C=O) groups excluding carboxylic acids is 1. The summed E-state index contributed by atoms with van der Waals surface area (Å²) in [6, 6.07) is 3.78. The molecule has 0 aliphatic heterocycles. The average molecular weight is 322 g/mol. The number of nitrogens with one attached hydrogen (secondary N) is 1. The molecule has 0 spiro atoms. The van der Waals surface area contributed by atoms with Crippen molar-refractivity contribution >= 4 is 29.0 Å². The van der Waals surface area contributed by atoms with Crippen LogP contribution >= 0.6 is 0 Å². The Labute approximate surface area is 139 Å². The number of pyridine rings is 1. The third-order valence-electron chi connectivity index (χ3n) is 3.97. The van der Waals surface area contributed by atoms with Crippen molar-refractivity contribution in [1.82, 2.24) is 24.8 Å². The summed E-state index contributed by atoms with van der Waals surface area (Å²) in [7, 11) is 1.77. The first-order chi connectivity index (χ1) is 11.6. The Balaban J connectivity index is 1.76.